The minimum atomic E-state index is -3.77. The molecule has 0 bridgehead atoms. The second-order valence-corrected chi connectivity index (χ2v) is 6.07. The third-order valence-electron chi connectivity index (χ3n) is 3.05. The zero-order chi connectivity index (χ0) is 15.5. The third kappa shape index (κ3) is 3.60. The van der Waals surface area contributed by atoms with E-state index in [9.17, 15) is 18.5 Å². The summed E-state index contributed by atoms with van der Waals surface area (Å²) in [5.74, 6) is 0.222. The number of benzene rings is 1. The Morgan fingerprint density at radius 2 is 2.05 bits per heavy atom. The minimum Gasteiger partial charge on any atom is -0.495 e. The molecule has 1 aliphatic heterocycles. The lowest BCUT2D eigenvalue weighted by molar-refractivity contribution is -0.384. The number of anilines is 1. The first-order valence-electron chi connectivity index (χ1n) is 6.25. The number of non-ortho nitro benzene ring substituents is 1. The summed E-state index contributed by atoms with van der Waals surface area (Å²) in [6.07, 6.45) is 0. The molecule has 9 nitrogen and oxygen atoms in total. The SMILES string of the molecule is COc1ccc([N+](=O)[O-])cc1NS(=O)(=O)N1CCNCC1. The summed E-state index contributed by atoms with van der Waals surface area (Å²) in [6, 6.07) is 3.74. The monoisotopic (exact) mass is 316 g/mol. The molecule has 0 spiro atoms. The molecule has 1 saturated heterocycles. The van der Waals surface area contributed by atoms with Gasteiger partial charge >= 0.3 is 10.2 Å². The van der Waals surface area contributed by atoms with Crippen molar-refractivity contribution in [1.29, 1.82) is 0 Å². The highest BCUT2D eigenvalue weighted by atomic mass is 32.2. The fourth-order valence-electron chi connectivity index (χ4n) is 1.98. The Labute approximate surface area is 122 Å². The molecule has 1 aromatic carbocycles. The van der Waals surface area contributed by atoms with Gasteiger partial charge in [-0.25, -0.2) is 0 Å². The number of hydrogen-bond acceptors (Lipinski definition) is 6. The number of methoxy groups -OCH3 is 1. The number of hydrogen-bond donors (Lipinski definition) is 2. The number of nitro benzene ring substituents is 1. The van der Waals surface area contributed by atoms with Crippen molar-refractivity contribution in [3.05, 3.63) is 28.3 Å². The molecule has 1 heterocycles. The zero-order valence-electron chi connectivity index (χ0n) is 11.4. The van der Waals surface area contributed by atoms with E-state index in [1.54, 1.807) is 0 Å². The Morgan fingerprint density at radius 3 is 2.62 bits per heavy atom. The van der Waals surface area contributed by atoms with Crippen LogP contribution in [0.2, 0.25) is 0 Å². The summed E-state index contributed by atoms with van der Waals surface area (Å²) in [4.78, 5) is 10.2. The second-order valence-electron chi connectivity index (χ2n) is 4.40. The van der Waals surface area contributed by atoms with E-state index in [0.29, 0.717) is 26.2 Å². The standard InChI is InChI=1S/C11H16N4O5S/c1-20-11-3-2-9(15(16)17)8-10(11)13-21(18,19)14-6-4-12-5-7-14/h2-3,8,12-13H,4-7H2,1H3. The maximum absolute atomic E-state index is 12.3. The number of nitro groups is 1. The van der Waals surface area contributed by atoms with Crippen molar-refractivity contribution in [1.82, 2.24) is 9.62 Å². The van der Waals surface area contributed by atoms with Crippen LogP contribution in [0, 0.1) is 10.1 Å². The van der Waals surface area contributed by atoms with Crippen LogP contribution in [0.25, 0.3) is 0 Å². The van der Waals surface area contributed by atoms with E-state index in [2.05, 4.69) is 10.0 Å². The predicted octanol–water partition coefficient (Wildman–Crippen LogP) is 0.165. The van der Waals surface area contributed by atoms with Crippen molar-refractivity contribution in [2.45, 2.75) is 0 Å². The van der Waals surface area contributed by atoms with Gasteiger partial charge in [0.1, 0.15) is 5.75 Å². The first-order valence-corrected chi connectivity index (χ1v) is 7.69. The Bertz CT molecular complexity index is 628. The molecule has 0 radical (unpaired) electrons. The van der Waals surface area contributed by atoms with Gasteiger partial charge in [0.15, 0.2) is 0 Å². The van der Waals surface area contributed by atoms with Crippen LogP contribution >= 0.6 is 0 Å². The van der Waals surface area contributed by atoms with Crippen molar-refractivity contribution >= 4 is 21.6 Å². The van der Waals surface area contributed by atoms with Crippen molar-refractivity contribution in [3.8, 4) is 5.75 Å². The van der Waals surface area contributed by atoms with Crippen molar-refractivity contribution in [2.75, 3.05) is 38.0 Å². The van der Waals surface area contributed by atoms with Gasteiger partial charge in [0.25, 0.3) is 5.69 Å². The Morgan fingerprint density at radius 1 is 1.38 bits per heavy atom. The van der Waals surface area contributed by atoms with Gasteiger partial charge in [-0.05, 0) is 6.07 Å². The third-order valence-corrected chi connectivity index (χ3v) is 4.57. The van der Waals surface area contributed by atoms with Crippen LogP contribution in [0.15, 0.2) is 18.2 Å². The molecule has 116 valence electrons. The van der Waals surface area contributed by atoms with Crippen LogP contribution in [0.1, 0.15) is 0 Å². The average molecular weight is 316 g/mol. The maximum Gasteiger partial charge on any atom is 0.301 e. The van der Waals surface area contributed by atoms with Crippen molar-refractivity contribution in [2.24, 2.45) is 0 Å². The van der Waals surface area contributed by atoms with Gasteiger partial charge in [-0.3, -0.25) is 14.8 Å². The van der Waals surface area contributed by atoms with Crippen LogP contribution in [-0.4, -0.2) is 50.9 Å². The number of piperazine rings is 1. The lowest BCUT2D eigenvalue weighted by atomic mass is 10.2. The van der Waals surface area contributed by atoms with Gasteiger partial charge < -0.3 is 10.1 Å². The number of nitrogens with zero attached hydrogens (tertiary/aromatic N) is 2. The molecule has 1 aromatic rings. The van der Waals surface area contributed by atoms with Gasteiger partial charge in [0.2, 0.25) is 0 Å². The molecule has 0 saturated carbocycles. The summed E-state index contributed by atoms with van der Waals surface area (Å²) >= 11 is 0. The highest BCUT2D eigenvalue weighted by Crippen LogP contribution is 2.30. The van der Waals surface area contributed by atoms with E-state index in [1.807, 2.05) is 0 Å². The van der Waals surface area contributed by atoms with E-state index in [-0.39, 0.29) is 17.1 Å². The minimum absolute atomic E-state index is 0.0465. The molecule has 2 N–H and O–H groups in total. The summed E-state index contributed by atoms with van der Waals surface area (Å²) in [6.45, 7) is 1.80. The van der Waals surface area contributed by atoms with Crippen LogP contribution in [0.3, 0.4) is 0 Å². The average Bonchev–Trinajstić information content (AvgIpc) is 2.47. The molecule has 0 amide bonds. The zero-order valence-corrected chi connectivity index (χ0v) is 12.2. The van der Waals surface area contributed by atoms with Crippen molar-refractivity contribution in [3.63, 3.8) is 0 Å². The highest BCUT2D eigenvalue weighted by Gasteiger charge is 2.25. The van der Waals surface area contributed by atoms with Gasteiger partial charge in [0.05, 0.1) is 17.7 Å². The largest absolute Gasteiger partial charge is 0.495 e. The van der Waals surface area contributed by atoms with Crippen molar-refractivity contribution < 1.29 is 18.1 Å². The fourth-order valence-corrected chi connectivity index (χ4v) is 3.21. The summed E-state index contributed by atoms with van der Waals surface area (Å²) in [7, 11) is -2.41. The Balaban J connectivity index is 2.28. The van der Waals surface area contributed by atoms with Crippen LogP contribution in [0.4, 0.5) is 11.4 Å². The normalized spacial score (nSPS) is 16.4. The van der Waals surface area contributed by atoms with E-state index in [4.69, 9.17) is 4.74 Å². The van der Waals surface area contributed by atoms with Gasteiger partial charge in [0, 0.05) is 38.3 Å². The lowest BCUT2D eigenvalue weighted by Crippen LogP contribution is -2.48. The maximum atomic E-state index is 12.3. The molecular weight excluding hydrogens is 300 g/mol. The first kappa shape index (κ1) is 15.5. The quantitative estimate of drug-likeness (QED) is 0.591. The molecule has 0 unspecified atom stereocenters. The van der Waals surface area contributed by atoms with Gasteiger partial charge in [-0.2, -0.15) is 12.7 Å². The van der Waals surface area contributed by atoms with E-state index in [0.717, 1.165) is 6.07 Å². The topological polar surface area (TPSA) is 114 Å². The molecule has 0 aromatic heterocycles. The number of rotatable bonds is 5. The van der Waals surface area contributed by atoms with E-state index < -0.39 is 15.1 Å². The van der Waals surface area contributed by atoms with Crippen LogP contribution in [0.5, 0.6) is 5.75 Å². The summed E-state index contributed by atoms with van der Waals surface area (Å²) in [5.41, 5.74) is -0.168. The lowest BCUT2D eigenvalue weighted by Gasteiger charge is -2.27. The molecular formula is C11H16N4O5S. The molecule has 21 heavy (non-hydrogen) atoms. The smallest absolute Gasteiger partial charge is 0.301 e. The van der Waals surface area contributed by atoms with E-state index in [1.165, 1.54) is 23.5 Å². The van der Waals surface area contributed by atoms with Crippen LogP contribution < -0.4 is 14.8 Å². The summed E-state index contributed by atoms with van der Waals surface area (Å²) in [5, 5.41) is 13.8. The number of ether oxygens (including phenoxy) is 1. The number of nitrogens with one attached hydrogen (secondary N) is 2. The van der Waals surface area contributed by atoms with Gasteiger partial charge in [-0.1, -0.05) is 0 Å². The molecule has 1 aliphatic rings. The Hall–Kier alpha value is -1.91. The fraction of sp³-hybridized carbons (Fsp3) is 0.455. The molecule has 0 atom stereocenters. The molecule has 1 fully saturated rings. The van der Waals surface area contributed by atoms with E-state index >= 15 is 0 Å². The first-order chi connectivity index (χ1) is 9.94. The summed E-state index contributed by atoms with van der Waals surface area (Å²) < 4.78 is 33.2. The van der Waals surface area contributed by atoms with Gasteiger partial charge in [-0.15, -0.1) is 0 Å². The molecule has 2 rings (SSSR count). The molecule has 0 aliphatic carbocycles. The second kappa shape index (κ2) is 6.24. The predicted molar refractivity (Wildman–Crippen MR) is 76.6 cm³/mol. The molecule has 10 heteroatoms. The highest BCUT2D eigenvalue weighted by molar-refractivity contribution is 7.90. The Kier molecular flexibility index (Phi) is 4.60. The van der Waals surface area contributed by atoms with Crippen LogP contribution in [-0.2, 0) is 10.2 Å².